The van der Waals surface area contributed by atoms with Crippen molar-refractivity contribution in [3.63, 3.8) is 0 Å². The molecule has 0 aliphatic carbocycles. The highest BCUT2D eigenvalue weighted by Crippen LogP contribution is 2.22. The van der Waals surface area contributed by atoms with Gasteiger partial charge in [-0.3, -0.25) is 0 Å². The number of ether oxygens (including phenoxy) is 1. The smallest absolute Gasteiger partial charge is 0.407 e. The maximum atomic E-state index is 12.0. The van der Waals surface area contributed by atoms with Crippen LogP contribution in [0.15, 0.2) is 0 Å². The van der Waals surface area contributed by atoms with Gasteiger partial charge in [-0.05, 0) is 32.7 Å². The number of carbonyl (C=O) groups excluding carboxylic acids is 2. The molecule has 20 heavy (non-hydrogen) atoms. The lowest BCUT2D eigenvalue weighted by molar-refractivity contribution is -0.112. The van der Waals surface area contributed by atoms with E-state index in [1.54, 1.807) is 0 Å². The van der Waals surface area contributed by atoms with E-state index in [1.807, 2.05) is 34.6 Å². The summed E-state index contributed by atoms with van der Waals surface area (Å²) in [5, 5.41) is 2.90. The second kappa shape index (κ2) is 7.25. The predicted octanol–water partition coefficient (Wildman–Crippen LogP) is 3.69. The zero-order valence-electron chi connectivity index (χ0n) is 14.2. The van der Waals surface area contributed by atoms with E-state index in [9.17, 15) is 9.59 Å². The second-order valence-electron chi connectivity index (χ2n) is 7.97. The topological polar surface area (TPSA) is 55.4 Å². The predicted molar refractivity (Wildman–Crippen MR) is 85.7 cm³/mol. The fourth-order valence-electron chi connectivity index (χ4n) is 2.12. The molecular formula is C15H31NO3Si. The first-order valence-electron chi connectivity index (χ1n) is 7.30. The molecule has 2 unspecified atom stereocenters. The Balaban J connectivity index is 4.94. The molecule has 0 fully saturated rings. The Morgan fingerprint density at radius 3 is 2.05 bits per heavy atom. The van der Waals surface area contributed by atoms with Crippen molar-refractivity contribution >= 4 is 20.5 Å². The molecule has 0 rings (SSSR count). The summed E-state index contributed by atoms with van der Waals surface area (Å²) in [7, 11) is -1.40. The van der Waals surface area contributed by atoms with Crippen LogP contribution in [0.25, 0.3) is 0 Å². The third kappa shape index (κ3) is 8.35. The van der Waals surface area contributed by atoms with Crippen molar-refractivity contribution in [2.24, 2.45) is 11.8 Å². The van der Waals surface area contributed by atoms with Crippen LogP contribution in [0.4, 0.5) is 4.79 Å². The van der Waals surface area contributed by atoms with Crippen molar-refractivity contribution in [3.8, 4) is 0 Å². The summed E-state index contributed by atoms with van der Waals surface area (Å²) in [4.78, 5) is 23.3. The lowest BCUT2D eigenvalue weighted by atomic mass is 9.91. The van der Waals surface area contributed by atoms with Crippen LogP contribution < -0.4 is 5.32 Å². The fourth-order valence-corrected chi connectivity index (χ4v) is 3.81. The minimum Gasteiger partial charge on any atom is -0.444 e. The lowest BCUT2D eigenvalue weighted by Gasteiger charge is -2.32. The highest BCUT2D eigenvalue weighted by molar-refractivity contribution is 6.76. The number of nitrogens with one attached hydrogen (secondary N) is 1. The number of alkyl carbamates (subject to hydrolysis) is 1. The fraction of sp³-hybridized carbons (Fsp3) is 0.867. The molecule has 4 nitrogen and oxygen atoms in total. The van der Waals surface area contributed by atoms with Gasteiger partial charge in [-0.25, -0.2) is 4.79 Å². The van der Waals surface area contributed by atoms with Crippen molar-refractivity contribution in [2.45, 2.75) is 71.9 Å². The van der Waals surface area contributed by atoms with Gasteiger partial charge >= 0.3 is 6.09 Å². The molecule has 2 atom stereocenters. The van der Waals surface area contributed by atoms with Gasteiger partial charge in [0.25, 0.3) is 0 Å². The van der Waals surface area contributed by atoms with Gasteiger partial charge in [-0.2, -0.15) is 0 Å². The summed E-state index contributed by atoms with van der Waals surface area (Å²) in [5.41, 5.74) is -0.525. The van der Waals surface area contributed by atoms with Gasteiger partial charge in [0.1, 0.15) is 11.9 Å². The summed E-state index contributed by atoms with van der Waals surface area (Å²) in [6.45, 7) is 16.2. The van der Waals surface area contributed by atoms with Gasteiger partial charge in [0.15, 0.2) is 0 Å². The van der Waals surface area contributed by atoms with E-state index in [0.29, 0.717) is 0 Å². The van der Waals surface area contributed by atoms with E-state index < -0.39 is 19.8 Å². The van der Waals surface area contributed by atoms with Crippen LogP contribution in [0, 0.1) is 11.8 Å². The number of hydrogen-bond acceptors (Lipinski definition) is 3. The first kappa shape index (κ1) is 19.2. The van der Waals surface area contributed by atoms with Crippen LogP contribution in [-0.2, 0) is 9.53 Å². The SMILES string of the molecule is CC(C)C(C=O)C(C[Si](C)(C)C)NC(=O)OC(C)(C)C. The average Bonchev–Trinajstić information content (AvgIpc) is 2.10. The van der Waals surface area contributed by atoms with E-state index in [0.717, 1.165) is 12.3 Å². The largest absolute Gasteiger partial charge is 0.444 e. The van der Waals surface area contributed by atoms with Gasteiger partial charge in [0.2, 0.25) is 0 Å². The van der Waals surface area contributed by atoms with Crippen LogP contribution in [0.3, 0.4) is 0 Å². The van der Waals surface area contributed by atoms with Crippen LogP contribution >= 0.6 is 0 Å². The summed E-state index contributed by atoms with van der Waals surface area (Å²) in [6, 6.07) is 0.724. The Hall–Kier alpha value is -0.843. The molecule has 0 aromatic carbocycles. The van der Waals surface area contributed by atoms with Crippen LogP contribution in [-0.4, -0.2) is 32.1 Å². The average molecular weight is 302 g/mol. The van der Waals surface area contributed by atoms with Crippen molar-refractivity contribution in [1.82, 2.24) is 5.32 Å². The number of amides is 1. The van der Waals surface area contributed by atoms with Crippen LogP contribution in [0.5, 0.6) is 0 Å². The molecule has 0 aliphatic heterocycles. The third-order valence-electron chi connectivity index (χ3n) is 2.93. The number of rotatable bonds is 6. The Kier molecular flexibility index (Phi) is 6.94. The molecule has 0 aliphatic rings. The summed E-state index contributed by atoms with van der Waals surface area (Å²) < 4.78 is 5.31. The maximum absolute atomic E-state index is 12.0. The molecule has 0 aromatic rings. The first-order chi connectivity index (χ1) is 8.85. The summed E-state index contributed by atoms with van der Waals surface area (Å²) in [5.74, 6) is 0.0260. The Labute approximate surface area is 124 Å². The van der Waals surface area contributed by atoms with E-state index in [-0.39, 0.29) is 17.9 Å². The van der Waals surface area contributed by atoms with Gasteiger partial charge < -0.3 is 14.8 Å². The molecular weight excluding hydrogens is 270 g/mol. The Morgan fingerprint density at radius 2 is 1.75 bits per heavy atom. The van der Waals surface area contributed by atoms with Crippen molar-refractivity contribution in [1.29, 1.82) is 0 Å². The molecule has 0 saturated carbocycles. The molecule has 1 N–H and O–H groups in total. The molecule has 0 heterocycles. The molecule has 0 radical (unpaired) electrons. The molecule has 0 saturated heterocycles. The molecule has 0 spiro atoms. The zero-order valence-corrected chi connectivity index (χ0v) is 15.2. The van der Waals surface area contributed by atoms with E-state index in [2.05, 4.69) is 25.0 Å². The minimum atomic E-state index is -1.40. The third-order valence-corrected chi connectivity index (χ3v) is 4.59. The highest BCUT2D eigenvalue weighted by atomic mass is 28.3. The zero-order chi connectivity index (χ0) is 16.1. The first-order valence-corrected chi connectivity index (χ1v) is 11.0. The van der Waals surface area contributed by atoms with Crippen molar-refractivity contribution in [3.05, 3.63) is 0 Å². The van der Waals surface area contributed by atoms with Gasteiger partial charge in [0.05, 0.1) is 0 Å². The molecule has 118 valence electrons. The summed E-state index contributed by atoms with van der Waals surface area (Å²) >= 11 is 0. The lowest BCUT2D eigenvalue weighted by Crippen LogP contribution is -2.48. The number of carbonyl (C=O) groups is 2. The highest BCUT2D eigenvalue weighted by Gasteiger charge is 2.31. The van der Waals surface area contributed by atoms with E-state index in [1.165, 1.54) is 0 Å². The standard InChI is InChI=1S/C15H31NO3Si/c1-11(2)12(9-17)13(10-20(6,7)8)16-14(18)19-15(3,4)5/h9,11-13H,10H2,1-8H3,(H,16,18). The molecule has 5 heteroatoms. The van der Waals surface area contributed by atoms with Gasteiger partial charge in [-0.1, -0.05) is 33.5 Å². The maximum Gasteiger partial charge on any atom is 0.407 e. The Bertz CT molecular complexity index is 329. The van der Waals surface area contributed by atoms with Crippen LogP contribution in [0.1, 0.15) is 34.6 Å². The van der Waals surface area contributed by atoms with Gasteiger partial charge in [0, 0.05) is 20.0 Å². The Morgan fingerprint density at radius 1 is 1.25 bits per heavy atom. The van der Waals surface area contributed by atoms with E-state index in [4.69, 9.17) is 4.74 Å². The van der Waals surface area contributed by atoms with Gasteiger partial charge in [-0.15, -0.1) is 0 Å². The monoisotopic (exact) mass is 301 g/mol. The second-order valence-corrected chi connectivity index (χ2v) is 13.5. The molecule has 1 amide bonds. The molecule has 0 bridgehead atoms. The van der Waals surface area contributed by atoms with Crippen molar-refractivity contribution < 1.29 is 14.3 Å². The summed E-state index contributed by atoms with van der Waals surface area (Å²) in [6.07, 6.45) is 0.528. The van der Waals surface area contributed by atoms with Crippen LogP contribution in [0.2, 0.25) is 25.7 Å². The normalized spacial score (nSPS) is 15.7. The molecule has 0 aromatic heterocycles. The number of hydrogen-bond donors (Lipinski definition) is 1. The minimum absolute atomic E-state index is 0.144. The number of aldehydes is 1. The quantitative estimate of drug-likeness (QED) is 0.601. The van der Waals surface area contributed by atoms with Crippen molar-refractivity contribution in [2.75, 3.05) is 0 Å². The van der Waals surface area contributed by atoms with E-state index >= 15 is 0 Å².